The van der Waals surface area contributed by atoms with Crippen LogP contribution < -0.4 is 0 Å². The maximum absolute atomic E-state index is 13.7. The van der Waals surface area contributed by atoms with Crippen LogP contribution in [-0.2, 0) is 49.2 Å². The number of rotatable bonds is 17. The number of benzene rings is 5. The summed E-state index contributed by atoms with van der Waals surface area (Å²) in [4.78, 5) is 53.7. The Hall–Kier alpha value is -6.30. The molecule has 15 nitrogen and oxygen atoms in total. The van der Waals surface area contributed by atoms with E-state index in [1.807, 2.05) is 6.07 Å². The van der Waals surface area contributed by atoms with Gasteiger partial charge in [-0.05, 0) is 54.1 Å². The van der Waals surface area contributed by atoms with Crippen molar-refractivity contribution in [3.05, 3.63) is 179 Å². The van der Waals surface area contributed by atoms with E-state index in [9.17, 15) is 29.4 Å². The number of carbonyl (C=O) groups is 4. The van der Waals surface area contributed by atoms with Crippen LogP contribution in [0.2, 0.25) is 0 Å². The van der Waals surface area contributed by atoms with E-state index >= 15 is 0 Å². The van der Waals surface area contributed by atoms with Crippen LogP contribution in [0.1, 0.15) is 47.0 Å². The summed E-state index contributed by atoms with van der Waals surface area (Å²) in [7, 11) is 1.30. The summed E-state index contributed by atoms with van der Waals surface area (Å²) in [5.74, 6) is -3.06. The Labute approximate surface area is 362 Å². The Morgan fingerprint density at radius 3 is 1.59 bits per heavy atom. The Bertz CT molecular complexity index is 2230. The van der Waals surface area contributed by atoms with Crippen LogP contribution in [0.15, 0.2) is 152 Å². The van der Waals surface area contributed by atoms with Gasteiger partial charge in [0.1, 0.15) is 49.8 Å². The van der Waals surface area contributed by atoms with Gasteiger partial charge >= 0.3 is 23.9 Å². The summed E-state index contributed by atoms with van der Waals surface area (Å²) in [6.45, 7) is -1.18. The van der Waals surface area contributed by atoms with Gasteiger partial charge in [-0.25, -0.2) is 19.2 Å². The van der Waals surface area contributed by atoms with Crippen LogP contribution in [0.25, 0.3) is 0 Å². The lowest BCUT2D eigenvalue weighted by Crippen LogP contribution is -2.62. The molecule has 0 aliphatic carbocycles. The van der Waals surface area contributed by atoms with Gasteiger partial charge in [0.2, 0.25) is 0 Å². The van der Waals surface area contributed by atoms with Crippen LogP contribution >= 0.6 is 0 Å². The van der Waals surface area contributed by atoms with Gasteiger partial charge in [0.25, 0.3) is 0 Å². The van der Waals surface area contributed by atoms with Crippen molar-refractivity contribution in [2.24, 2.45) is 0 Å². The lowest BCUT2D eigenvalue weighted by molar-refractivity contribution is -0.328. The fraction of sp³-hybridized carbons (Fsp3) is 0.292. The van der Waals surface area contributed by atoms with Crippen LogP contribution in [0, 0.1) is 0 Å². The Balaban J connectivity index is 1.24. The molecule has 2 aliphatic heterocycles. The summed E-state index contributed by atoms with van der Waals surface area (Å²) in [6.07, 6.45) is -15.0. The number of aliphatic hydroxyl groups excluding tert-OH is 2. The number of hydrogen-bond donors (Lipinski definition) is 2. The highest BCUT2D eigenvalue weighted by Gasteiger charge is 2.56. The van der Waals surface area contributed by atoms with Crippen molar-refractivity contribution in [3.8, 4) is 0 Å². The van der Waals surface area contributed by atoms with Crippen molar-refractivity contribution in [1.82, 2.24) is 0 Å². The lowest BCUT2D eigenvalue weighted by Gasteiger charge is -2.43. The van der Waals surface area contributed by atoms with Crippen molar-refractivity contribution in [2.75, 3.05) is 20.3 Å². The molecule has 0 radical (unpaired) electrons. The average Bonchev–Trinajstić information content (AvgIpc) is 3.67. The van der Waals surface area contributed by atoms with E-state index in [2.05, 4.69) is 0 Å². The summed E-state index contributed by atoms with van der Waals surface area (Å²) in [5, 5.41) is 23.1. The van der Waals surface area contributed by atoms with Crippen molar-refractivity contribution in [2.45, 2.75) is 68.0 Å². The summed E-state index contributed by atoms with van der Waals surface area (Å²) < 4.78 is 54.5. The molecule has 2 N–H and O–H groups in total. The number of carbonyl (C=O) groups excluding carboxylic acids is 4. The highest BCUT2D eigenvalue weighted by molar-refractivity contribution is 5.91. The van der Waals surface area contributed by atoms with Gasteiger partial charge in [0.05, 0.1) is 28.9 Å². The molecule has 0 aromatic heterocycles. The third kappa shape index (κ3) is 11.4. The lowest BCUT2D eigenvalue weighted by atomic mass is 9.98. The van der Waals surface area contributed by atoms with E-state index in [0.29, 0.717) is 5.56 Å². The van der Waals surface area contributed by atoms with E-state index < -0.39 is 98.5 Å². The standard InChI is InChI=1S/C48H46O15/c1-55-47-42(61-46(54)34-25-15-6-16-26-34)41(39(62-47)36(59-45(53)33-23-13-5-14-24-33)29-58-44(52)32-21-11-4-12-22-32)63-48-40(56-27-30-17-7-2-8-18-30)38(50)37(49)35(60-48)28-57-43(51)31-19-9-3-10-20-31/h2-26,35-42,47-50H,27-29H2,1H3/t35?,36-,37+,38?,39+,40?,41?,42?,47-,48-/m1/s1. The van der Waals surface area contributed by atoms with Crippen LogP contribution in [0.4, 0.5) is 0 Å². The van der Waals surface area contributed by atoms with E-state index in [1.165, 1.54) is 31.4 Å². The summed E-state index contributed by atoms with van der Waals surface area (Å²) in [5.41, 5.74) is 1.51. The molecule has 0 amide bonds. The molecule has 328 valence electrons. The van der Waals surface area contributed by atoms with Gasteiger partial charge in [-0.15, -0.1) is 0 Å². The predicted octanol–water partition coefficient (Wildman–Crippen LogP) is 4.94. The zero-order valence-corrected chi connectivity index (χ0v) is 34.0. The van der Waals surface area contributed by atoms with E-state index in [0.717, 1.165) is 0 Å². The Morgan fingerprint density at radius 2 is 1.05 bits per heavy atom. The van der Waals surface area contributed by atoms with Crippen LogP contribution in [0.5, 0.6) is 0 Å². The van der Waals surface area contributed by atoms with Crippen molar-refractivity contribution in [3.63, 3.8) is 0 Å². The predicted molar refractivity (Wildman–Crippen MR) is 221 cm³/mol. The number of ether oxygens (including phenoxy) is 9. The highest BCUT2D eigenvalue weighted by Crippen LogP contribution is 2.36. The molecule has 0 spiro atoms. The monoisotopic (exact) mass is 862 g/mol. The minimum absolute atomic E-state index is 0.0728. The first-order valence-corrected chi connectivity index (χ1v) is 20.2. The first-order valence-electron chi connectivity index (χ1n) is 20.2. The zero-order chi connectivity index (χ0) is 44.1. The van der Waals surface area contributed by atoms with Crippen LogP contribution in [0.3, 0.4) is 0 Å². The van der Waals surface area contributed by atoms with Gasteiger partial charge in [0.15, 0.2) is 24.8 Å². The van der Waals surface area contributed by atoms with Gasteiger partial charge < -0.3 is 52.8 Å². The maximum Gasteiger partial charge on any atom is 0.338 e. The molecule has 15 heteroatoms. The molecule has 2 aliphatic rings. The molecule has 5 unspecified atom stereocenters. The number of aliphatic hydroxyl groups is 2. The van der Waals surface area contributed by atoms with Crippen LogP contribution in [-0.4, -0.2) is 116 Å². The molecule has 2 fully saturated rings. The second-order valence-electron chi connectivity index (χ2n) is 14.6. The SMILES string of the molecule is CO[C@@H]1O[C@@H]([C@@H](COC(=O)c2ccccc2)OC(=O)c2ccccc2)C(O[C@H]2OC(COC(=O)c3ccccc3)[C@H](O)C(O)C2OCc2ccccc2)C1OC(=O)c1ccccc1. The number of esters is 4. The van der Waals surface area contributed by atoms with E-state index in [1.54, 1.807) is 121 Å². The zero-order valence-electron chi connectivity index (χ0n) is 34.0. The molecular formula is C48H46O15. The molecular weight excluding hydrogens is 817 g/mol. The molecule has 10 atom stereocenters. The van der Waals surface area contributed by atoms with E-state index in [4.69, 9.17) is 42.6 Å². The molecule has 63 heavy (non-hydrogen) atoms. The van der Waals surface area contributed by atoms with Crippen molar-refractivity contribution >= 4 is 23.9 Å². The minimum Gasteiger partial charge on any atom is -0.459 e. The second-order valence-corrected chi connectivity index (χ2v) is 14.6. The van der Waals surface area contributed by atoms with Gasteiger partial charge in [-0.3, -0.25) is 0 Å². The third-order valence-corrected chi connectivity index (χ3v) is 10.3. The van der Waals surface area contributed by atoms with Gasteiger partial charge in [-0.1, -0.05) is 103 Å². The van der Waals surface area contributed by atoms with Gasteiger partial charge in [-0.2, -0.15) is 0 Å². The molecule has 5 aromatic carbocycles. The maximum atomic E-state index is 13.7. The number of methoxy groups -OCH3 is 1. The third-order valence-electron chi connectivity index (χ3n) is 10.3. The minimum atomic E-state index is -1.70. The fourth-order valence-corrected chi connectivity index (χ4v) is 7.04. The number of hydrogen-bond acceptors (Lipinski definition) is 15. The van der Waals surface area contributed by atoms with E-state index in [-0.39, 0.29) is 28.9 Å². The first-order chi connectivity index (χ1) is 30.7. The summed E-state index contributed by atoms with van der Waals surface area (Å²) in [6, 6.07) is 41.5. The molecule has 0 bridgehead atoms. The summed E-state index contributed by atoms with van der Waals surface area (Å²) >= 11 is 0. The topological polar surface area (TPSA) is 192 Å². The molecule has 2 heterocycles. The second kappa shape index (κ2) is 21.7. The van der Waals surface area contributed by atoms with Crippen molar-refractivity contribution in [1.29, 1.82) is 0 Å². The first kappa shape index (κ1) is 44.7. The molecule has 2 saturated heterocycles. The van der Waals surface area contributed by atoms with Crippen molar-refractivity contribution < 1.29 is 72.0 Å². The highest BCUT2D eigenvalue weighted by atomic mass is 16.8. The Kier molecular flexibility index (Phi) is 15.4. The molecule has 0 saturated carbocycles. The quantitative estimate of drug-likeness (QED) is 0.0943. The van der Waals surface area contributed by atoms with Gasteiger partial charge in [0, 0.05) is 7.11 Å². The molecule has 5 aromatic rings. The largest absolute Gasteiger partial charge is 0.459 e. The fourth-order valence-electron chi connectivity index (χ4n) is 7.04. The normalized spacial score (nSPS) is 24.7. The molecule has 7 rings (SSSR count). The Morgan fingerprint density at radius 1 is 0.556 bits per heavy atom. The average molecular weight is 863 g/mol. The smallest absolute Gasteiger partial charge is 0.338 e.